The zero-order valence-electron chi connectivity index (χ0n) is 12.5. The molecule has 0 fully saturated rings. The minimum Gasteiger partial charge on any atom is -0.858 e. The Hall–Kier alpha value is -0.230. The van der Waals surface area contributed by atoms with E-state index < -0.39 is 15.9 Å². The van der Waals surface area contributed by atoms with Crippen LogP contribution in [-0.4, -0.2) is 32.4 Å². The van der Waals surface area contributed by atoms with E-state index in [1.165, 1.54) is 13.8 Å². The zero-order valence-corrected chi connectivity index (χ0v) is 19.8. The molecular formula is C12H11I3N3O5S-. The predicted octanol–water partition coefficient (Wildman–Crippen LogP) is 1.48. The summed E-state index contributed by atoms with van der Waals surface area (Å²) in [4.78, 5) is 22.9. The summed E-state index contributed by atoms with van der Waals surface area (Å²) in [7, 11) is -3.89. The van der Waals surface area contributed by atoms with Crippen molar-refractivity contribution in [3.8, 4) is 0 Å². The molecule has 12 heteroatoms. The maximum absolute atomic E-state index is 12.3. The van der Waals surface area contributed by atoms with Gasteiger partial charge in [-0.25, -0.2) is 8.42 Å². The number of benzene rings is 1. The second-order valence-electron chi connectivity index (χ2n) is 4.56. The van der Waals surface area contributed by atoms with E-state index in [0.29, 0.717) is 22.1 Å². The molecule has 24 heavy (non-hydrogen) atoms. The third-order valence-electron chi connectivity index (χ3n) is 2.38. The van der Waals surface area contributed by atoms with Crippen molar-refractivity contribution in [1.29, 1.82) is 0 Å². The molecule has 0 heterocycles. The highest BCUT2D eigenvalue weighted by Crippen LogP contribution is 2.38. The van der Waals surface area contributed by atoms with Crippen molar-refractivity contribution in [2.45, 2.75) is 13.8 Å². The number of hydrogen-bond acceptors (Lipinski definition) is 5. The topological polar surface area (TPSA) is 128 Å². The number of hydrogen-bond donors (Lipinski definition) is 2. The number of carbonyl (C=O) groups is 2. The van der Waals surface area contributed by atoms with Gasteiger partial charge in [-0.05, 0) is 67.8 Å². The van der Waals surface area contributed by atoms with Crippen LogP contribution in [0.1, 0.15) is 19.4 Å². The van der Waals surface area contributed by atoms with E-state index in [1.54, 1.807) is 0 Å². The fourth-order valence-electron chi connectivity index (χ4n) is 1.62. The summed E-state index contributed by atoms with van der Waals surface area (Å²) < 4.78 is 26.9. The highest BCUT2D eigenvalue weighted by molar-refractivity contribution is 14.1. The van der Waals surface area contributed by atoms with Gasteiger partial charge in [-0.2, -0.15) is 4.40 Å². The van der Waals surface area contributed by atoms with Crippen molar-refractivity contribution in [2.24, 2.45) is 4.40 Å². The van der Waals surface area contributed by atoms with E-state index in [0.717, 1.165) is 6.26 Å². The minimum atomic E-state index is -3.89. The molecule has 0 aromatic heterocycles. The molecule has 0 spiro atoms. The van der Waals surface area contributed by atoms with E-state index in [4.69, 9.17) is 0 Å². The molecule has 0 atom stereocenters. The summed E-state index contributed by atoms with van der Waals surface area (Å²) >= 11 is 5.59. The van der Waals surface area contributed by atoms with E-state index >= 15 is 0 Å². The molecule has 1 rings (SSSR count). The number of nitrogens with one attached hydrogen (secondary N) is 2. The molecule has 1 aromatic rings. The van der Waals surface area contributed by atoms with E-state index in [2.05, 4.69) is 15.0 Å². The van der Waals surface area contributed by atoms with Gasteiger partial charge in [0, 0.05) is 32.4 Å². The van der Waals surface area contributed by atoms with Gasteiger partial charge in [-0.15, -0.1) is 0 Å². The van der Waals surface area contributed by atoms with Gasteiger partial charge in [0.2, 0.25) is 21.8 Å². The van der Waals surface area contributed by atoms with Gasteiger partial charge in [-0.1, -0.05) is 0 Å². The Labute approximate surface area is 179 Å². The Kier molecular flexibility index (Phi) is 7.67. The van der Waals surface area contributed by atoms with Gasteiger partial charge in [0.15, 0.2) is 0 Å². The maximum Gasteiger partial charge on any atom is 0.249 e. The van der Waals surface area contributed by atoms with Crippen LogP contribution in [0.3, 0.4) is 0 Å². The zero-order chi connectivity index (χ0) is 18.8. The highest BCUT2D eigenvalue weighted by Gasteiger charge is 2.22. The predicted molar refractivity (Wildman–Crippen MR) is 115 cm³/mol. The lowest BCUT2D eigenvalue weighted by atomic mass is 10.1. The standard InChI is InChI=1S/C12H12I3N3O5S/c1-4(19)16-10-7(13)6(12(21)18-24(3,22)23)8(14)11(9(10)15)17-5(2)20/h1-3H3,(H,16,19)(H,17,20)(H,18,21)/p-1. The molecule has 0 saturated carbocycles. The molecule has 8 nitrogen and oxygen atoms in total. The first-order chi connectivity index (χ1) is 10.8. The first kappa shape index (κ1) is 21.8. The van der Waals surface area contributed by atoms with Crippen molar-refractivity contribution >= 4 is 107 Å². The van der Waals surface area contributed by atoms with Crippen molar-refractivity contribution in [3.63, 3.8) is 0 Å². The Morgan fingerprint density at radius 3 is 1.62 bits per heavy atom. The molecule has 0 saturated heterocycles. The second-order valence-corrected chi connectivity index (χ2v) is 9.44. The molecule has 2 amide bonds. The summed E-state index contributed by atoms with van der Waals surface area (Å²) in [6, 6.07) is 0. The Balaban J connectivity index is 3.84. The third-order valence-corrected chi connectivity index (χ3v) is 6.12. The van der Waals surface area contributed by atoms with Gasteiger partial charge in [0.05, 0.1) is 21.2 Å². The van der Waals surface area contributed by atoms with Crippen LogP contribution in [0.4, 0.5) is 11.4 Å². The fraction of sp³-hybridized carbons (Fsp3) is 0.250. The number of anilines is 2. The average Bonchev–Trinajstić information content (AvgIpc) is 2.37. The molecule has 0 radical (unpaired) electrons. The summed E-state index contributed by atoms with van der Waals surface area (Å²) in [5.41, 5.74) is 0.606. The van der Waals surface area contributed by atoms with Crippen molar-refractivity contribution < 1.29 is 23.1 Å². The van der Waals surface area contributed by atoms with Gasteiger partial charge in [-0.3, -0.25) is 9.59 Å². The van der Waals surface area contributed by atoms with E-state index in [-0.39, 0.29) is 17.4 Å². The van der Waals surface area contributed by atoms with Gasteiger partial charge in [0.1, 0.15) is 0 Å². The van der Waals surface area contributed by atoms with Crippen LogP contribution < -0.4 is 15.7 Å². The molecular weight excluding hydrogens is 679 g/mol. The molecule has 0 bridgehead atoms. The van der Waals surface area contributed by atoms with E-state index in [9.17, 15) is 23.1 Å². The summed E-state index contributed by atoms with van der Waals surface area (Å²) in [6.07, 6.45) is 0.806. The Morgan fingerprint density at radius 2 is 1.33 bits per heavy atom. The largest absolute Gasteiger partial charge is 0.858 e. The normalized spacial score (nSPS) is 12.0. The molecule has 0 aliphatic heterocycles. The van der Waals surface area contributed by atoms with Crippen molar-refractivity contribution in [1.82, 2.24) is 0 Å². The lowest BCUT2D eigenvalue weighted by molar-refractivity contribution is -0.212. The number of halogens is 3. The summed E-state index contributed by atoms with van der Waals surface area (Å²) in [6.45, 7) is 2.59. The molecule has 0 aliphatic rings. The quantitative estimate of drug-likeness (QED) is 0.282. The monoisotopic (exact) mass is 690 g/mol. The number of nitrogens with zero attached hydrogens (tertiary/aromatic N) is 1. The Morgan fingerprint density at radius 1 is 0.958 bits per heavy atom. The Bertz CT molecular complexity index is 809. The molecule has 1 aromatic carbocycles. The lowest BCUT2D eigenvalue weighted by Gasteiger charge is -2.22. The van der Waals surface area contributed by atoms with E-state index in [1.807, 2.05) is 67.8 Å². The van der Waals surface area contributed by atoms with Crippen LogP contribution in [0.25, 0.3) is 0 Å². The van der Waals surface area contributed by atoms with Gasteiger partial charge < -0.3 is 15.7 Å². The van der Waals surface area contributed by atoms with Crippen molar-refractivity contribution in [3.05, 3.63) is 16.3 Å². The SMILES string of the molecule is CC(=O)Nc1c(I)c(NC(C)=O)c(I)c(/C([O-])=N/S(C)(=O)=O)c1I. The van der Waals surface area contributed by atoms with Crippen LogP contribution in [0, 0.1) is 10.7 Å². The molecule has 0 aliphatic carbocycles. The first-order valence-corrected chi connectivity index (χ1v) is 11.2. The molecule has 132 valence electrons. The highest BCUT2D eigenvalue weighted by atomic mass is 127. The number of sulfonamides is 1. The first-order valence-electron chi connectivity index (χ1n) is 6.08. The summed E-state index contributed by atoms with van der Waals surface area (Å²) in [5.74, 6) is -1.72. The number of carbonyl (C=O) groups excluding carboxylic acids is 2. The van der Waals surface area contributed by atoms with Crippen LogP contribution in [0.15, 0.2) is 4.40 Å². The minimum absolute atomic E-state index is 0.00505. The van der Waals surface area contributed by atoms with Crippen LogP contribution in [-0.2, 0) is 19.6 Å². The van der Waals surface area contributed by atoms with Crippen LogP contribution in [0.5, 0.6) is 0 Å². The summed E-state index contributed by atoms with van der Waals surface area (Å²) in [5, 5.41) is 17.5. The second kappa shape index (κ2) is 8.43. The van der Waals surface area contributed by atoms with Crippen LogP contribution >= 0.6 is 67.8 Å². The third kappa shape index (κ3) is 5.65. The maximum atomic E-state index is 12.3. The lowest BCUT2D eigenvalue weighted by Crippen LogP contribution is -2.26. The average molecular weight is 690 g/mol. The number of rotatable bonds is 4. The molecule has 2 N–H and O–H groups in total. The van der Waals surface area contributed by atoms with Gasteiger partial charge >= 0.3 is 0 Å². The van der Waals surface area contributed by atoms with Crippen molar-refractivity contribution in [2.75, 3.05) is 16.9 Å². The number of amides is 2. The smallest absolute Gasteiger partial charge is 0.249 e. The fourth-order valence-corrected chi connectivity index (χ4v) is 6.18. The molecule has 0 unspecified atom stereocenters. The van der Waals surface area contributed by atoms with Crippen LogP contribution in [0.2, 0.25) is 0 Å². The van der Waals surface area contributed by atoms with Gasteiger partial charge in [0.25, 0.3) is 0 Å².